The van der Waals surface area contributed by atoms with Crippen molar-refractivity contribution in [3.8, 4) is 0 Å². The van der Waals surface area contributed by atoms with E-state index >= 15 is 0 Å². The van der Waals surface area contributed by atoms with Gasteiger partial charge < -0.3 is 10.6 Å². The van der Waals surface area contributed by atoms with E-state index in [-0.39, 0.29) is 24.3 Å². The van der Waals surface area contributed by atoms with Crippen LogP contribution in [0.4, 0.5) is 5.69 Å². The van der Waals surface area contributed by atoms with Crippen LogP contribution in [0.1, 0.15) is 30.8 Å². The predicted molar refractivity (Wildman–Crippen MR) is 111 cm³/mol. The number of fused-ring (bicyclic) bond motifs is 1. The Hall–Kier alpha value is -2.87. The van der Waals surface area contributed by atoms with Crippen molar-refractivity contribution in [3.05, 3.63) is 60.0 Å². The highest BCUT2D eigenvalue weighted by Crippen LogP contribution is 2.19. The average Bonchev–Trinajstić information content (AvgIpc) is 3.10. The van der Waals surface area contributed by atoms with E-state index < -0.39 is 0 Å². The topological polar surface area (TPSA) is 88.4 Å². The summed E-state index contributed by atoms with van der Waals surface area (Å²) in [6, 6.07) is 12.8. The molecule has 0 aliphatic rings. The summed E-state index contributed by atoms with van der Waals surface area (Å²) in [5.74, 6) is 1.44. The number of aromatic nitrogens is 3. The fraction of sp³-hybridized carbons (Fsp3) is 0.300. The Balaban J connectivity index is 1.70. The Bertz CT molecular complexity index is 955. The Morgan fingerprint density at radius 3 is 2.64 bits per heavy atom. The average molecular weight is 398 g/mol. The normalized spacial score (nSPS) is 11.9. The van der Waals surface area contributed by atoms with Gasteiger partial charge in [-0.05, 0) is 48.3 Å². The van der Waals surface area contributed by atoms with Crippen molar-refractivity contribution in [1.29, 1.82) is 0 Å². The molecule has 0 saturated carbocycles. The minimum atomic E-state index is -0.212. The Labute approximate surface area is 167 Å². The van der Waals surface area contributed by atoms with Gasteiger partial charge in [0.05, 0.1) is 12.5 Å². The first-order valence-corrected chi connectivity index (χ1v) is 10.4. The van der Waals surface area contributed by atoms with E-state index in [0.717, 1.165) is 29.2 Å². The zero-order chi connectivity index (χ0) is 19.9. The second-order valence-electron chi connectivity index (χ2n) is 6.44. The lowest BCUT2D eigenvalue weighted by Crippen LogP contribution is -2.31. The molecule has 2 N–H and O–H groups in total. The largest absolute Gasteiger partial charge is 0.346 e. The number of carbonyl (C=O) groups is 2. The van der Waals surface area contributed by atoms with E-state index in [4.69, 9.17) is 0 Å². The maximum atomic E-state index is 12.6. The van der Waals surface area contributed by atoms with E-state index in [9.17, 15) is 9.59 Å². The maximum absolute atomic E-state index is 12.6. The van der Waals surface area contributed by atoms with Crippen LogP contribution in [0.25, 0.3) is 5.65 Å². The highest BCUT2D eigenvalue weighted by molar-refractivity contribution is 7.98. The number of anilines is 1. The zero-order valence-electron chi connectivity index (χ0n) is 15.9. The third-order valence-electron chi connectivity index (χ3n) is 4.24. The van der Waals surface area contributed by atoms with Gasteiger partial charge in [0.1, 0.15) is 0 Å². The molecule has 0 spiro atoms. The number of nitrogens with zero attached hydrogens (tertiary/aromatic N) is 3. The number of amides is 2. The van der Waals surface area contributed by atoms with Crippen LogP contribution < -0.4 is 10.6 Å². The molecule has 28 heavy (non-hydrogen) atoms. The molecule has 0 fully saturated rings. The fourth-order valence-corrected chi connectivity index (χ4v) is 3.41. The molecule has 0 aliphatic heterocycles. The van der Waals surface area contributed by atoms with Crippen LogP contribution in [0.5, 0.6) is 0 Å². The summed E-state index contributed by atoms with van der Waals surface area (Å²) in [6.07, 6.45) is 4.97. The number of carbonyl (C=O) groups excluding carboxylic acids is 2. The summed E-state index contributed by atoms with van der Waals surface area (Å²) in [4.78, 5) is 23.7. The number of benzene rings is 1. The van der Waals surface area contributed by atoms with Gasteiger partial charge in [-0.1, -0.05) is 18.2 Å². The lowest BCUT2D eigenvalue weighted by atomic mass is 10.1. The molecule has 8 heteroatoms. The van der Waals surface area contributed by atoms with Gasteiger partial charge in [-0.2, -0.15) is 11.8 Å². The Kier molecular flexibility index (Phi) is 6.65. The van der Waals surface area contributed by atoms with Crippen LogP contribution in [-0.2, 0) is 16.0 Å². The summed E-state index contributed by atoms with van der Waals surface area (Å²) in [6.45, 7) is 1.46. The molecule has 3 rings (SSSR count). The van der Waals surface area contributed by atoms with Crippen LogP contribution in [0, 0.1) is 0 Å². The van der Waals surface area contributed by atoms with Crippen molar-refractivity contribution in [2.24, 2.45) is 0 Å². The van der Waals surface area contributed by atoms with Crippen molar-refractivity contribution in [3.63, 3.8) is 0 Å². The summed E-state index contributed by atoms with van der Waals surface area (Å²) < 4.78 is 1.91. The second-order valence-corrected chi connectivity index (χ2v) is 7.43. The van der Waals surface area contributed by atoms with Gasteiger partial charge in [-0.25, -0.2) is 0 Å². The lowest BCUT2D eigenvalue weighted by Gasteiger charge is -2.17. The van der Waals surface area contributed by atoms with Crippen molar-refractivity contribution >= 4 is 34.9 Å². The SMILES string of the molecule is CSCCC(NC(=O)Cc1ccc(NC(C)=O)cc1)c1nnc2ccccn12. The van der Waals surface area contributed by atoms with Crippen LogP contribution >= 0.6 is 11.8 Å². The first kappa shape index (κ1) is 19.9. The van der Waals surface area contributed by atoms with Crippen LogP contribution in [0.15, 0.2) is 48.7 Å². The quantitative estimate of drug-likeness (QED) is 0.610. The molecule has 0 radical (unpaired) electrons. The number of rotatable bonds is 8. The fourth-order valence-electron chi connectivity index (χ4n) is 2.94. The molecule has 3 aromatic rings. The third kappa shape index (κ3) is 5.10. The van der Waals surface area contributed by atoms with Crippen LogP contribution in [-0.4, -0.2) is 38.4 Å². The smallest absolute Gasteiger partial charge is 0.225 e. The molecule has 146 valence electrons. The van der Waals surface area contributed by atoms with Gasteiger partial charge in [0.15, 0.2) is 11.5 Å². The zero-order valence-corrected chi connectivity index (χ0v) is 16.7. The maximum Gasteiger partial charge on any atom is 0.225 e. The van der Waals surface area contributed by atoms with Crippen molar-refractivity contribution in [2.45, 2.75) is 25.8 Å². The predicted octanol–water partition coefficient (Wildman–Crippen LogP) is 2.84. The highest BCUT2D eigenvalue weighted by Gasteiger charge is 2.20. The van der Waals surface area contributed by atoms with Crippen molar-refractivity contribution in [2.75, 3.05) is 17.3 Å². The molecule has 2 heterocycles. The Morgan fingerprint density at radius 2 is 1.93 bits per heavy atom. The number of hydrogen-bond donors (Lipinski definition) is 2. The molecule has 1 aromatic carbocycles. The van der Waals surface area contributed by atoms with Gasteiger partial charge >= 0.3 is 0 Å². The molecular weight excluding hydrogens is 374 g/mol. The van der Waals surface area contributed by atoms with E-state index in [0.29, 0.717) is 5.69 Å². The molecule has 0 bridgehead atoms. The van der Waals surface area contributed by atoms with Crippen molar-refractivity contribution < 1.29 is 9.59 Å². The van der Waals surface area contributed by atoms with Gasteiger partial charge in [0.2, 0.25) is 11.8 Å². The van der Waals surface area contributed by atoms with Gasteiger partial charge in [0, 0.05) is 18.8 Å². The minimum absolute atomic E-state index is 0.0777. The van der Waals surface area contributed by atoms with Gasteiger partial charge in [-0.3, -0.25) is 14.0 Å². The highest BCUT2D eigenvalue weighted by atomic mass is 32.2. The first-order chi connectivity index (χ1) is 13.6. The summed E-state index contributed by atoms with van der Waals surface area (Å²) in [7, 11) is 0. The van der Waals surface area contributed by atoms with Crippen LogP contribution in [0.3, 0.4) is 0 Å². The molecular formula is C20H23N5O2S. The summed E-state index contributed by atoms with van der Waals surface area (Å²) in [5.41, 5.74) is 2.35. The number of nitrogens with one attached hydrogen (secondary N) is 2. The first-order valence-electron chi connectivity index (χ1n) is 9.01. The number of thioether (sulfide) groups is 1. The van der Waals surface area contributed by atoms with Crippen LogP contribution in [0.2, 0.25) is 0 Å². The van der Waals surface area contributed by atoms with E-state index in [2.05, 4.69) is 20.8 Å². The molecule has 1 atom stereocenters. The Morgan fingerprint density at radius 1 is 1.14 bits per heavy atom. The summed E-state index contributed by atoms with van der Waals surface area (Å²) in [5, 5.41) is 14.3. The van der Waals surface area contributed by atoms with Gasteiger partial charge in [-0.15, -0.1) is 10.2 Å². The monoisotopic (exact) mass is 397 g/mol. The number of pyridine rings is 1. The molecule has 2 amide bonds. The minimum Gasteiger partial charge on any atom is -0.346 e. The molecule has 2 aromatic heterocycles. The van der Waals surface area contributed by atoms with E-state index in [1.54, 1.807) is 23.9 Å². The van der Waals surface area contributed by atoms with E-state index in [1.807, 2.05) is 47.2 Å². The molecule has 1 unspecified atom stereocenters. The van der Waals surface area contributed by atoms with E-state index in [1.165, 1.54) is 6.92 Å². The summed E-state index contributed by atoms with van der Waals surface area (Å²) >= 11 is 1.73. The molecule has 0 aliphatic carbocycles. The molecule has 7 nitrogen and oxygen atoms in total. The second kappa shape index (κ2) is 9.36. The lowest BCUT2D eigenvalue weighted by molar-refractivity contribution is -0.121. The number of hydrogen-bond acceptors (Lipinski definition) is 5. The van der Waals surface area contributed by atoms with Gasteiger partial charge in [0.25, 0.3) is 0 Å². The van der Waals surface area contributed by atoms with Crippen molar-refractivity contribution in [1.82, 2.24) is 19.9 Å². The third-order valence-corrected chi connectivity index (χ3v) is 4.88. The standard InChI is InChI=1S/C20H23N5O2S/c1-14(26)21-16-8-6-15(7-9-16)13-19(27)22-17(10-12-28-2)20-24-23-18-5-3-4-11-25(18)20/h3-9,11,17H,10,12-13H2,1-2H3,(H,21,26)(H,22,27). The molecule has 0 saturated heterocycles.